The molecule has 5 rings (SSSR count). The van der Waals surface area contributed by atoms with Crippen molar-refractivity contribution in [2.45, 2.75) is 54.8 Å². The number of nitrogens with zero attached hydrogens (tertiary/aromatic N) is 3. The average Bonchev–Trinajstić information content (AvgIpc) is 3.64. The lowest BCUT2D eigenvalue weighted by Gasteiger charge is -2.34. The van der Waals surface area contributed by atoms with Crippen LogP contribution in [0, 0.1) is 0 Å². The molecule has 2 atom stereocenters. The number of thiophene rings is 1. The maximum Gasteiger partial charge on any atom is 0.250 e. The first-order valence-electron chi connectivity index (χ1n) is 13.1. The van der Waals surface area contributed by atoms with Crippen LogP contribution in [0.25, 0.3) is 11.1 Å². The molecule has 2 aromatic rings. The monoisotopic (exact) mass is 598 g/mol. The van der Waals surface area contributed by atoms with Gasteiger partial charge in [-0.15, -0.1) is 11.3 Å². The van der Waals surface area contributed by atoms with Crippen molar-refractivity contribution in [1.29, 1.82) is 0 Å². The molecule has 0 bridgehead atoms. The highest BCUT2D eigenvalue weighted by molar-refractivity contribution is 7.91. The fourth-order valence-electron chi connectivity index (χ4n) is 5.65. The number of nitrogens with one attached hydrogen (secondary N) is 1. The fourth-order valence-corrected chi connectivity index (χ4v) is 8.58. The third-order valence-electron chi connectivity index (χ3n) is 7.60. The molecule has 1 aromatic heterocycles. The largest absolute Gasteiger partial charge is 0.337 e. The van der Waals surface area contributed by atoms with Crippen LogP contribution in [0.15, 0.2) is 33.9 Å². The van der Waals surface area contributed by atoms with Gasteiger partial charge < -0.3 is 14.7 Å². The molecule has 3 aliphatic rings. The van der Waals surface area contributed by atoms with Crippen molar-refractivity contribution in [1.82, 2.24) is 19.4 Å². The first kappa shape index (κ1) is 27.9. The highest BCUT2D eigenvalue weighted by Gasteiger charge is 2.36. The number of benzene rings is 1. The summed E-state index contributed by atoms with van der Waals surface area (Å²) >= 11 is 13.3. The molecule has 3 aliphatic heterocycles. The minimum absolute atomic E-state index is 0.00816. The topological polar surface area (TPSA) is 90.0 Å². The third kappa shape index (κ3) is 6.21. The van der Waals surface area contributed by atoms with E-state index < -0.39 is 16.1 Å². The molecule has 8 nitrogen and oxygen atoms in total. The van der Waals surface area contributed by atoms with E-state index >= 15 is 0 Å². The number of amides is 2. The van der Waals surface area contributed by atoms with Gasteiger partial charge in [0, 0.05) is 46.7 Å². The van der Waals surface area contributed by atoms with Gasteiger partial charge in [0.1, 0.15) is 10.3 Å². The lowest BCUT2D eigenvalue weighted by Crippen LogP contribution is -2.55. The molecule has 1 aromatic carbocycles. The van der Waals surface area contributed by atoms with Gasteiger partial charge >= 0.3 is 0 Å². The standard InChI is InChI=1S/C26H32Cl2N4O4S2/c27-19-7-8-21(22(28)14-19)18-13-25(37-17-18)38(35,36)29-23-6-4-11-31(26(23)34)16-24(33)32-12-3-5-20(32)15-30-9-1-2-10-30/h7-8,13-14,17,20,23,29H,1-6,9-12,15-16H2/t20-,23-/m0/s1. The van der Waals surface area contributed by atoms with Gasteiger partial charge in [-0.2, -0.15) is 4.72 Å². The van der Waals surface area contributed by atoms with E-state index in [1.807, 2.05) is 4.90 Å². The maximum atomic E-state index is 13.2. The number of sulfonamides is 1. The van der Waals surface area contributed by atoms with Crippen LogP contribution in [-0.4, -0.2) is 86.3 Å². The number of hydrogen-bond donors (Lipinski definition) is 1. The highest BCUT2D eigenvalue weighted by atomic mass is 35.5. The Morgan fingerprint density at radius 3 is 2.55 bits per heavy atom. The minimum Gasteiger partial charge on any atom is -0.337 e. The van der Waals surface area contributed by atoms with Crippen LogP contribution in [0.5, 0.6) is 0 Å². The van der Waals surface area contributed by atoms with E-state index in [0.29, 0.717) is 47.1 Å². The zero-order chi connectivity index (χ0) is 26.9. The Morgan fingerprint density at radius 2 is 1.79 bits per heavy atom. The zero-order valence-corrected chi connectivity index (χ0v) is 24.2. The fraction of sp³-hybridized carbons (Fsp3) is 0.538. The Morgan fingerprint density at radius 1 is 1.03 bits per heavy atom. The summed E-state index contributed by atoms with van der Waals surface area (Å²) in [6, 6.07) is 5.88. The van der Waals surface area contributed by atoms with Gasteiger partial charge in [-0.3, -0.25) is 9.59 Å². The molecule has 0 spiro atoms. The Kier molecular flexibility index (Phi) is 8.66. The first-order valence-corrected chi connectivity index (χ1v) is 16.2. The van der Waals surface area contributed by atoms with E-state index in [-0.39, 0.29) is 28.6 Å². The molecule has 1 N–H and O–H groups in total. The van der Waals surface area contributed by atoms with Gasteiger partial charge in [0.05, 0.1) is 6.54 Å². The predicted octanol–water partition coefficient (Wildman–Crippen LogP) is 4.08. The van der Waals surface area contributed by atoms with Crippen LogP contribution < -0.4 is 4.72 Å². The van der Waals surface area contributed by atoms with Crippen molar-refractivity contribution in [2.75, 3.05) is 39.3 Å². The van der Waals surface area contributed by atoms with Gasteiger partial charge in [-0.1, -0.05) is 29.3 Å². The first-order chi connectivity index (χ1) is 18.2. The highest BCUT2D eigenvalue weighted by Crippen LogP contribution is 2.34. The van der Waals surface area contributed by atoms with E-state index in [0.717, 1.165) is 43.8 Å². The van der Waals surface area contributed by atoms with Crippen LogP contribution in [0.3, 0.4) is 0 Å². The Balaban J connectivity index is 1.22. The quantitative estimate of drug-likeness (QED) is 0.494. The van der Waals surface area contributed by atoms with Crippen molar-refractivity contribution in [3.05, 3.63) is 39.7 Å². The van der Waals surface area contributed by atoms with Crippen molar-refractivity contribution in [3.8, 4) is 11.1 Å². The van der Waals surface area contributed by atoms with Gasteiger partial charge in [0.15, 0.2) is 0 Å². The van der Waals surface area contributed by atoms with Gasteiger partial charge in [-0.05, 0) is 75.4 Å². The molecule has 3 saturated heterocycles. The van der Waals surface area contributed by atoms with Crippen LogP contribution in [0.4, 0.5) is 0 Å². The summed E-state index contributed by atoms with van der Waals surface area (Å²) in [5.41, 5.74) is 1.34. The minimum atomic E-state index is -3.94. The lowest BCUT2D eigenvalue weighted by molar-refractivity contribution is -0.143. The Hall–Kier alpha value is -1.69. The van der Waals surface area contributed by atoms with E-state index in [1.54, 1.807) is 29.6 Å². The molecule has 3 fully saturated rings. The molecule has 0 saturated carbocycles. The van der Waals surface area contributed by atoms with Gasteiger partial charge in [0.25, 0.3) is 10.0 Å². The molecule has 0 radical (unpaired) electrons. The van der Waals surface area contributed by atoms with Crippen molar-refractivity contribution < 1.29 is 18.0 Å². The maximum absolute atomic E-state index is 13.2. The summed E-state index contributed by atoms with van der Waals surface area (Å²) in [5.74, 6) is -0.396. The van der Waals surface area contributed by atoms with E-state index in [2.05, 4.69) is 9.62 Å². The number of likely N-dealkylation sites (tertiary alicyclic amines) is 3. The molecule has 0 aliphatic carbocycles. The number of carbonyl (C=O) groups is 2. The normalized spacial score (nSPS) is 22.9. The zero-order valence-electron chi connectivity index (χ0n) is 21.1. The molecule has 2 amide bonds. The summed E-state index contributed by atoms with van der Waals surface area (Å²) in [4.78, 5) is 32.3. The number of halogens is 2. The van der Waals surface area contributed by atoms with Gasteiger partial charge in [-0.25, -0.2) is 8.42 Å². The second kappa shape index (κ2) is 11.8. The Labute approximate surface area is 237 Å². The summed E-state index contributed by atoms with van der Waals surface area (Å²) in [6.45, 7) is 4.23. The smallest absolute Gasteiger partial charge is 0.250 e. The lowest BCUT2D eigenvalue weighted by atomic mass is 10.1. The third-order valence-corrected chi connectivity index (χ3v) is 11.1. The number of piperidine rings is 1. The molecular formula is C26H32Cl2N4O4S2. The van der Waals surface area contributed by atoms with E-state index in [4.69, 9.17) is 23.2 Å². The number of hydrogen-bond acceptors (Lipinski definition) is 6. The molecule has 38 heavy (non-hydrogen) atoms. The SMILES string of the molecule is O=C1[C@@H](NS(=O)(=O)c2cc(-c3ccc(Cl)cc3Cl)cs2)CCCN1CC(=O)N1CCC[C@H]1CN1CCCC1. The summed E-state index contributed by atoms with van der Waals surface area (Å²) in [7, 11) is -3.94. The van der Waals surface area contributed by atoms with E-state index in [9.17, 15) is 18.0 Å². The Bertz CT molecular complexity index is 1300. The summed E-state index contributed by atoms with van der Waals surface area (Å²) < 4.78 is 29.0. The van der Waals surface area contributed by atoms with Crippen molar-refractivity contribution >= 4 is 56.4 Å². The van der Waals surface area contributed by atoms with Gasteiger partial charge in [0.2, 0.25) is 11.8 Å². The van der Waals surface area contributed by atoms with Crippen LogP contribution in [0.2, 0.25) is 10.0 Å². The summed E-state index contributed by atoms with van der Waals surface area (Å²) in [6.07, 6.45) is 5.40. The second-order valence-corrected chi connectivity index (χ2v) is 13.9. The number of carbonyl (C=O) groups excluding carboxylic acids is 2. The van der Waals surface area contributed by atoms with E-state index in [1.165, 1.54) is 17.7 Å². The predicted molar refractivity (Wildman–Crippen MR) is 150 cm³/mol. The average molecular weight is 600 g/mol. The van der Waals surface area contributed by atoms with Crippen molar-refractivity contribution in [2.24, 2.45) is 0 Å². The van der Waals surface area contributed by atoms with Crippen LogP contribution in [-0.2, 0) is 19.6 Å². The molecule has 4 heterocycles. The second-order valence-electron chi connectivity index (χ2n) is 10.2. The van der Waals surface area contributed by atoms with Crippen LogP contribution >= 0.6 is 34.5 Å². The molecular weight excluding hydrogens is 567 g/mol. The van der Waals surface area contributed by atoms with Crippen molar-refractivity contribution in [3.63, 3.8) is 0 Å². The van der Waals surface area contributed by atoms with Crippen LogP contribution in [0.1, 0.15) is 38.5 Å². The number of rotatable bonds is 8. The summed E-state index contributed by atoms with van der Waals surface area (Å²) in [5, 5.41) is 2.64. The molecule has 12 heteroatoms. The molecule has 0 unspecified atom stereocenters. The molecule has 206 valence electrons.